The molecule has 11 heteroatoms. The Bertz CT molecular complexity index is 985. The highest BCUT2D eigenvalue weighted by Crippen LogP contribution is 2.70. The van der Waals surface area contributed by atoms with Crippen LogP contribution >= 0.6 is 0 Å². The van der Waals surface area contributed by atoms with Crippen molar-refractivity contribution in [1.29, 1.82) is 0 Å². The van der Waals surface area contributed by atoms with Crippen molar-refractivity contribution in [2.75, 3.05) is 20.3 Å². The predicted octanol–water partition coefficient (Wildman–Crippen LogP) is 0.557. The van der Waals surface area contributed by atoms with Gasteiger partial charge in [-0.25, -0.2) is 0 Å². The van der Waals surface area contributed by atoms with Crippen molar-refractivity contribution in [3.8, 4) is 0 Å². The van der Waals surface area contributed by atoms with E-state index >= 15 is 0 Å². The van der Waals surface area contributed by atoms with Gasteiger partial charge in [-0.3, -0.25) is 0 Å². The summed E-state index contributed by atoms with van der Waals surface area (Å²) >= 11 is 0. The number of methoxy groups -OCH3 is 1. The smallest absolute Gasteiger partial charge is 0.186 e. The third kappa shape index (κ3) is 5.40. The van der Waals surface area contributed by atoms with E-state index in [1.807, 2.05) is 13.8 Å². The van der Waals surface area contributed by atoms with E-state index < -0.39 is 83.2 Å². The molecule has 0 aromatic rings. The Morgan fingerprint density at radius 3 is 2.23 bits per heavy atom. The number of aliphatic hydroxyl groups is 8. The standard InChI is InChI=1S/C33H58O11/c1-16(14-34)7-6-8-17(2)22-25(38)26(39)28-32(22,4)12-10-21-31(3)11-9-18(13-19(31)23(36)29(40)33(21,28)41)44-30-27(42-5)24(37)20(35)15-43-30/h16-30,34-41H,6-15H2,1-5H3/t16-,17+,18-,19?,20?,21?,22-,23+,24?,25+,26-,27?,28?,29+,30?,31-,32+,33-/m0/s1. The van der Waals surface area contributed by atoms with Crippen molar-refractivity contribution < 1.29 is 55.1 Å². The van der Waals surface area contributed by atoms with E-state index in [1.54, 1.807) is 0 Å². The monoisotopic (exact) mass is 630 g/mol. The van der Waals surface area contributed by atoms with Crippen LogP contribution in [0.1, 0.15) is 79.1 Å². The Balaban J connectivity index is 1.36. The van der Waals surface area contributed by atoms with Gasteiger partial charge >= 0.3 is 0 Å². The molecule has 11 nitrogen and oxygen atoms in total. The zero-order chi connectivity index (χ0) is 32.4. The van der Waals surface area contributed by atoms with Crippen LogP contribution in [-0.4, -0.2) is 122 Å². The molecule has 7 unspecified atom stereocenters. The lowest BCUT2D eigenvalue weighted by atomic mass is 9.41. The summed E-state index contributed by atoms with van der Waals surface area (Å²) in [5, 5.41) is 89.0. The number of ether oxygens (including phenoxy) is 3. The summed E-state index contributed by atoms with van der Waals surface area (Å²) in [6.45, 7) is 8.23. The van der Waals surface area contributed by atoms with Crippen molar-refractivity contribution in [3.05, 3.63) is 0 Å². The second-order valence-electron chi connectivity index (χ2n) is 15.7. The molecule has 1 heterocycles. The molecule has 0 aromatic heterocycles. The topological polar surface area (TPSA) is 190 Å². The number of hydrogen-bond donors (Lipinski definition) is 8. The molecule has 18 atom stereocenters. The van der Waals surface area contributed by atoms with E-state index in [1.165, 1.54) is 7.11 Å². The fourth-order valence-electron chi connectivity index (χ4n) is 10.9. The Morgan fingerprint density at radius 2 is 1.57 bits per heavy atom. The summed E-state index contributed by atoms with van der Waals surface area (Å²) in [7, 11) is 1.42. The molecule has 5 fully saturated rings. The van der Waals surface area contributed by atoms with E-state index in [0.717, 1.165) is 19.3 Å². The van der Waals surface area contributed by atoms with Crippen molar-refractivity contribution in [1.82, 2.24) is 0 Å². The molecule has 1 aliphatic heterocycles. The largest absolute Gasteiger partial charge is 0.396 e. The number of hydrogen-bond acceptors (Lipinski definition) is 11. The van der Waals surface area contributed by atoms with Crippen LogP contribution < -0.4 is 0 Å². The SMILES string of the molecule is COC1C(O[C@H]2CC[C@@]3(C)C(C2)[C@@H](O)[C@@H](O)[C@]2(O)C3CC[C@@]3(C)C2[C@@H](O)[C@H](O)[C@@H]3[C@H](C)CCC[C@H](C)CO)OCC(O)C1O. The Morgan fingerprint density at radius 1 is 0.886 bits per heavy atom. The molecule has 8 N–H and O–H groups in total. The van der Waals surface area contributed by atoms with Gasteiger partial charge < -0.3 is 55.1 Å². The molecule has 44 heavy (non-hydrogen) atoms. The summed E-state index contributed by atoms with van der Waals surface area (Å²) in [6, 6.07) is 0. The summed E-state index contributed by atoms with van der Waals surface area (Å²) in [5.74, 6) is -1.65. The molecule has 0 aromatic carbocycles. The Hall–Kier alpha value is -0.440. The zero-order valence-electron chi connectivity index (χ0n) is 27.0. The molecule has 4 aliphatic carbocycles. The molecule has 0 bridgehead atoms. The molecule has 1 saturated heterocycles. The summed E-state index contributed by atoms with van der Waals surface area (Å²) in [4.78, 5) is 0. The lowest BCUT2D eigenvalue weighted by Gasteiger charge is -2.67. The van der Waals surface area contributed by atoms with Gasteiger partial charge in [-0.05, 0) is 78.9 Å². The van der Waals surface area contributed by atoms with E-state index in [2.05, 4.69) is 13.8 Å². The van der Waals surface area contributed by atoms with Crippen LogP contribution in [0, 0.1) is 46.3 Å². The highest BCUT2D eigenvalue weighted by molar-refractivity contribution is 5.24. The Labute approximate surface area is 261 Å². The maximum absolute atomic E-state index is 12.7. The summed E-state index contributed by atoms with van der Waals surface area (Å²) in [5.41, 5.74) is -3.00. The van der Waals surface area contributed by atoms with Crippen LogP contribution in [0.5, 0.6) is 0 Å². The first-order chi connectivity index (χ1) is 20.7. The summed E-state index contributed by atoms with van der Waals surface area (Å²) < 4.78 is 17.3. The van der Waals surface area contributed by atoms with Crippen LogP contribution in [0.2, 0.25) is 0 Å². The minimum Gasteiger partial charge on any atom is -0.396 e. The van der Waals surface area contributed by atoms with Gasteiger partial charge in [-0.15, -0.1) is 0 Å². The quantitative estimate of drug-likeness (QED) is 0.166. The lowest BCUT2D eigenvalue weighted by molar-refractivity contribution is -0.322. The molecular formula is C33H58O11. The maximum atomic E-state index is 12.7. The van der Waals surface area contributed by atoms with E-state index in [-0.39, 0.29) is 37.1 Å². The second-order valence-corrected chi connectivity index (χ2v) is 15.7. The predicted molar refractivity (Wildman–Crippen MR) is 159 cm³/mol. The van der Waals surface area contributed by atoms with Gasteiger partial charge in [0.25, 0.3) is 0 Å². The van der Waals surface area contributed by atoms with Crippen LogP contribution in [0.15, 0.2) is 0 Å². The first-order valence-electron chi connectivity index (χ1n) is 16.9. The second kappa shape index (κ2) is 12.9. The molecule has 4 saturated carbocycles. The number of aliphatic hydroxyl groups excluding tert-OH is 7. The minimum absolute atomic E-state index is 0.0554. The normalized spacial score (nSPS) is 53.8. The maximum Gasteiger partial charge on any atom is 0.186 e. The average Bonchev–Trinajstić information content (AvgIpc) is 3.19. The lowest BCUT2D eigenvalue weighted by Crippen LogP contribution is -2.75. The highest BCUT2D eigenvalue weighted by atomic mass is 16.7. The van der Waals surface area contributed by atoms with Crippen LogP contribution in [0.4, 0.5) is 0 Å². The van der Waals surface area contributed by atoms with E-state index in [9.17, 15) is 40.9 Å². The minimum atomic E-state index is -1.79. The number of fused-ring (bicyclic) bond motifs is 5. The van der Waals surface area contributed by atoms with Crippen LogP contribution in [0.3, 0.4) is 0 Å². The molecule has 0 radical (unpaired) electrons. The third-order valence-electron chi connectivity index (χ3n) is 13.2. The zero-order valence-corrected chi connectivity index (χ0v) is 27.0. The van der Waals surface area contributed by atoms with Crippen LogP contribution in [-0.2, 0) is 14.2 Å². The first kappa shape index (κ1) is 34.9. The van der Waals surface area contributed by atoms with Crippen molar-refractivity contribution >= 4 is 0 Å². The van der Waals surface area contributed by atoms with Gasteiger partial charge in [0.2, 0.25) is 0 Å². The molecular weight excluding hydrogens is 572 g/mol. The summed E-state index contributed by atoms with van der Waals surface area (Å²) in [6.07, 6.45) is -4.05. The molecule has 5 rings (SSSR count). The van der Waals surface area contributed by atoms with E-state index in [0.29, 0.717) is 32.1 Å². The molecule has 0 spiro atoms. The van der Waals surface area contributed by atoms with Gasteiger partial charge in [0.1, 0.15) is 30.0 Å². The molecule has 256 valence electrons. The Kier molecular flexibility index (Phi) is 10.2. The van der Waals surface area contributed by atoms with Gasteiger partial charge in [-0.2, -0.15) is 0 Å². The number of rotatable bonds is 9. The van der Waals surface area contributed by atoms with Crippen molar-refractivity contribution in [3.63, 3.8) is 0 Å². The fraction of sp³-hybridized carbons (Fsp3) is 1.00. The molecule has 5 aliphatic rings. The fourth-order valence-corrected chi connectivity index (χ4v) is 10.9. The third-order valence-corrected chi connectivity index (χ3v) is 13.2. The van der Waals surface area contributed by atoms with Crippen LogP contribution in [0.25, 0.3) is 0 Å². The first-order valence-corrected chi connectivity index (χ1v) is 16.9. The average molecular weight is 631 g/mol. The highest BCUT2D eigenvalue weighted by Gasteiger charge is 2.75. The van der Waals surface area contributed by atoms with Crippen molar-refractivity contribution in [2.24, 2.45) is 46.3 Å². The van der Waals surface area contributed by atoms with Gasteiger partial charge in [-0.1, -0.05) is 40.5 Å². The van der Waals surface area contributed by atoms with Gasteiger partial charge in [0, 0.05) is 19.6 Å². The van der Waals surface area contributed by atoms with Crippen molar-refractivity contribution in [2.45, 2.75) is 140 Å². The van der Waals surface area contributed by atoms with E-state index in [4.69, 9.17) is 14.2 Å². The molecule has 0 amide bonds. The van der Waals surface area contributed by atoms with Gasteiger partial charge in [0.15, 0.2) is 6.29 Å². The van der Waals surface area contributed by atoms with Gasteiger partial charge in [0.05, 0.1) is 31.0 Å².